The van der Waals surface area contributed by atoms with Gasteiger partial charge < -0.3 is 10.1 Å². The summed E-state index contributed by atoms with van der Waals surface area (Å²) in [6.07, 6.45) is 4.00. The maximum absolute atomic E-state index is 5.24. The molecule has 2 atom stereocenters. The molecule has 2 rings (SSSR count). The SMILES string of the molecule is CCCC1CC1NCc1cc(OC)ccc1Br. The number of hydrogen-bond donors (Lipinski definition) is 1. The Hall–Kier alpha value is -0.540. The van der Waals surface area contributed by atoms with E-state index in [0.29, 0.717) is 0 Å². The molecule has 0 bridgehead atoms. The molecule has 2 nitrogen and oxygen atoms in total. The molecule has 0 aliphatic heterocycles. The molecule has 0 amide bonds. The molecule has 94 valence electrons. The van der Waals surface area contributed by atoms with Crippen LogP contribution < -0.4 is 10.1 Å². The molecule has 0 heterocycles. The van der Waals surface area contributed by atoms with Gasteiger partial charge in [0.2, 0.25) is 0 Å². The van der Waals surface area contributed by atoms with E-state index in [2.05, 4.69) is 34.2 Å². The zero-order valence-corrected chi connectivity index (χ0v) is 12.1. The third-order valence-electron chi connectivity index (χ3n) is 3.39. The van der Waals surface area contributed by atoms with Crippen LogP contribution in [0.1, 0.15) is 31.7 Å². The van der Waals surface area contributed by atoms with Gasteiger partial charge in [-0.15, -0.1) is 0 Å². The van der Waals surface area contributed by atoms with Gasteiger partial charge in [-0.3, -0.25) is 0 Å². The van der Waals surface area contributed by atoms with Gasteiger partial charge in [-0.25, -0.2) is 0 Å². The minimum absolute atomic E-state index is 0.730. The van der Waals surface area contributed by atoms with Crippen molar-refractivity contribution < 1.29 is 4.74 Å². The van der Waals surface area contributed by atoms with Crippen molar-refractivity contribution in [2.75, 3.05) is 7.11 Å². The largest absolute Gasteiger partial charge is 0.497 e. The molecule has 3 heteroatoms. The summed E-state index contributed by atoms with van der Waals surface area (Å²) < 4.78 is 6.39. The average Bonchev–Trinajstić information content (AvgIpc) is 3.07. The number of rotatable bonds is 6. The lowest BCUT2D eigenvalue weighted by Gasteiger charge is -2.08. The van der Waals surface area contributed by atoms with Crippen molar-refractivity contribution >= 4 is 15.9 Å². The topological polar surface area (TPSA) is 21.3 Å². The van der Waals surface area contributed by atoms with Crippen molar-refractivity contribution in [1.82, 2.24) is 5.32 Å². The number of benzene rings is 1. The Morgan fingerprint density at radius 2 is 2.29 bits per heavy atom. The highest BCUT2D eigenvalue weighted by molar-refractivity contribution is 9.10. The van der Waals surface area contributed by atoms with E-state index in [1.807, 2.05) is 12.1 Å². The van der Waals surface area contributed by atoms with E-state index in [9.17, 15) is 0 Å². The summed E-state index contributed by atoms with van der Waals surface area (Å²) in [5.74, 6) is 1.83. The average molecular weight is 298 g/mol. The molecule has 0 saturated heterocycles. The summed E-state index contributed by atoms with van der Waals surface area (Å²) in [5.41, 5.74) is 1.27. The predicted molar refractivity (Wildman–Crippen MR) is 74.3 cm³/mol. The summed E-state index contributed by atoms with van der Waals surface area (Å²) in [5, 5.41) is 3.61. The maximum atomic E-state index is 5.24. The van der Waals surface area contributed by atoms with E-state index in [1.54, 1.807) is 7.11 Å². The molecular weight excluding hydrogens is 278 g/mol. The van der Waals surface area contributed by atoms with Gasteiger partial charge in [-0.2, -0.15) is 0 Å². The van der Waals surface area contributed by atoms with Crippen molar-refractivity contribution in [3.63, 3.8) is 0 Å². The lowest BCUT2D eigenvalue weighted by atomic mass is 10.2. The summed E-state index contributed by atoms with van der Waals surface area (Å²) >= 11 is 3.58. The van der Waals surface area contributed by atoms with Crippen LogP contribution in [-0.4, -0.2) is 13.2 Å². The van der Waals surface area contributed by atoms with Crippen LogP contribution in [0.2, 0.25) is 0 Å². The van der Waals surface area contributed by atoms with Crippen LogP contribution in [0.3, 0.4) is 0 Å². The van der Waals surface area contributed by atoms with Gasteiger partial charge >= 0.3 is 0 Å². The van der Waals surface area contributed by atoms with E-state index in [-0.39, 0.29) is 0 Å². The summed E-state index contributed by atoms with van der Waals surface area (Å²) in [6, 6.07) is 6.85. The molecule has 1 aliphatic rings. The fourth-order valence-electron chi connectivity index (χ4n) is 2.24. The van der Waals surface area contributed by atoms with Gasteiger partial charge in [0, 0.05) is 17.1 Å². The van der Waals surface area contributed by atoms with Crippen molar-refractivity contribution in [1.29, 1.82) is 0 Å². The number of halogens is 1. The second-order valence-electron chi connectivity index (χ2n) is 4.73. The molecule has 0 radical (unpaired) electrons. The first-order valence-corrected chi connectivity index (χ1v) is 7.09. The standard InChI is InChI=1S/C14H20BrNO/c1-3-4-10-8-14(10)16-9-11-7-12(17-2)5-6-13(11)15/h5-7,10,14,16H,3-4,8-9H2,1-2H3. The van der Waals surface area contributed by atoms with Crippen molar-refractivity contribution in [2.24, 2.45) is 5.92 Å². The van der Waals surface area contributed by atoms with Gasteiger partial charge in [0.05, 0.1) is 7.11 Å². The second-order valence-corrected chi connectivity index (χ2v) is 5.58. The Bertz CT molecular complexity index is 380. The Kier molecular flexibility index (Phi) is 4.46. The van der Waals surface area contributed by atoms with Gasteiger partial charge in [-0.1, -0.05) is 29.3 Å². The van der Waals surface area contributed by atoms with Gasteiger partial charge in [-0.05, 0) is 42.5 Å². The molecule has 1 aromatic carbocycles. The lowest BCUT2D eigenvalue weighted by molar-refractivity contribution is 0.414. The Morgan fingerprint density at radius 1 is 1.47 bits per heavy atom. The monoisotopic (exact) mass is 297 g/mol. The quantitative estimate of drug-likeness (QED) is 0.864. The fraction of sp³-hybridized carbons (Fsp3) is 0.571. The number of ether oxygens (including phenoxy) is 1. The maximum Gasteiger partial charge on any atom is 0.119 e. The highest BCUT2D eigenvalue weighted by Crippen LogP contribution is 2.35. The van der Waals surface area contributed by atoms with Gasteiger partial charge in [0.15, 0.2) is 0 Å². The highest BCUT2D eigenvalue weighted by Gasteiger charge is 2.35. The van der Waals surface area contributed by atoms with Gasteiger partial charge in [0.25, 0.3) is 0 Å². The van der Waals surface area contributed by atoms with Crippen LogP contribution in [0.25, 0.3) is 0 Å². The molecule has 1 saturated carbocycles. The molecule has 2 unspecified atom stereocenters. The summed E-state index contributed by atoms with van der Waals surface area (Å²) in [7, 11) is 1.71. The normalized spacial score (nSPS) is 22.5. The highest BCUT2D eigenvalue weighted by atomic mass is 79.9. The molecule has 0 aromatic heterocycles. The molecule has 17 heavy (non-hydrogen) atoms. The van der Waals surface area contributed by atoms with Crippen LogP contribution in [0.4, 0.5) is 0 Å². The number of methoxy groups -OCH3 is 1. The Balaban J connectivity index is 1.86. The molecule has 1 aliphatic carbocycles. The lowest BCUT2D eigenvalue weighted by Crippen LogP contribution is -2.17. The van der Waals surface area contributed by atoms with Crippen molar-refractivity contribution in [2.45, 2.75) is 38.8 Å². The van der Waals surface area contributed by atoms with Crippen molar-refractivity contribution in [3.8, 4) is 5.75 Å². The predicted octanol–water partition coefficient (Wildman–Crippen LogP) is 3.74. The zero-order chi connectivity index (χ0) is 12.3. The molecule has 0 spiro atoms. The van der Waals surface area contributed by atoms with Crippen LogP contribution in [0, 0.1) is 5.92 Å². The Labute approximate surface area is 112 Å². The first kappa shape index (κ1) is 12.9. The first-order chi connectivity index (χ1) is 8.24. The minimum Gasteiger partial charge on any atom is -0.497 e. The van der Waals surface area contributed by atoms with E-state index in [0.717, 1.165) is 28.7 Å². The first-order valence-electron chi connectivity index (χ1n) is 6.30. The summed E-state index contributed by atoms with van der Waals surface area (Å²) in [6.45, 7) is 3.18. The van der Waals surface area contributed by atoms with Crippen LogP contribution >= 0.6 is 15.9 Å². The third-order valence-corrected chi connectivity index (χ3v) is 4.16. The molecule has 1 N–H and O–H groups in total. The smallest absolute Gasteiger partial charge is 0.119 e. The van der Waals surface area contributed by atoms with E-state index in [4.69, 9.17) is 4.74 Å². The van der Waals surface area contributed by atoms with E-state index < -0.39 is 0 Å². The molecule has 1 fully saturated rings. The van der Waals surface area contributed by atoms with Crippen LogP contribution in [0.5, 0.6) is 5.75 Å². The molecular formula is C14H20BrNO. The van der Waals surface area contributed by atoms with Crippen LogP contribution in [0.15, 0.2) is 22.7 Å². The van der Waals surface area contributed by atoms with Gasteiger partial charge in [0.1, 0.15) is 5.75 Å². The fourth-order valence-corrected chi connectivity index (χ4v) is 2.63. The second kappa shape index (κ2) is 5.87. The van der Waals surface area contributed by atoms with E-state index in [1.165, 1.54) is 24.8 Å². The zero-order valence-electron chi connectivity index (χ0n) is 10.5. The third kappa shape index (κ3) is 3.46. The number of nitrogens with one attached hydrogen (secondary N) is 1. The summed E-state index contributed by atoms with van der Waals surface area (Å²) in [4.78, 5) is 0. The minimum atomic E-state index is 0.730. The number of hydrogen-bond acceptors (Lipinski definition) is 2. The molecule has 1 aromatic rings. The Morgan fingerprint density at radius 3 is 3.00 bits per heavy atom. The van der Waals surface area contributed by atoms with Crippen LogP contribution in [-0.2, 0) is 6.54 Å². The van der Waals surface area contributed by atoms with E-state index >= 15 is 0 Å². The van der Waals surface area contributed by atoms with Crippen molar-refractivity contribution in [3.05, 3.63) is 28.2 Å².